The van der Waals surface area contributed by atoms with Crippen molar-refractivity contribution in [3.05, 3.63) is 35.4 Å². The molecule has 0 amide bonds. The van der Waals surface area contributed by atoms with Crippen LogP contribution in [0.25, 0.3) is 6.08 Å². The molecular formula is C14H18O3. The number of benzene rings is 1. The van der Waals surface area contributed by atoms with Crippen LogP contribution in [0.4, 0.5) is 0 Å². The quantitative estimate of drug-likeness (QED) is 0.734. The van der Waals surface area contributed by atoms with Gasteiger partial charge in [-0.3, -0.25) is 4.79 Å². The SMILES string of the molecule is CCOC(=O)CC(C)=Cc1ccc(OC)cc1. The highest BCUT2D eigenvalue weighted by Gasteiger charge is 2.02. The maximum Gasteiger partial charge on any atom is 0.309 e. The molecule has 0 aliphatic heterocycles. The third-order valence-corrected chi connectivity index (χ3v) is 2.26. The zero-order valence-corrected chi connectivity index (χ0v) is 10.5. The van der Waals surface area contributed by atoms with Crippen molar-refractivity contribution in [3.8, 4) is 5.75 Å². The molecule has 0 saturated carbocycles. The normalized spacial score (nSPS) is 11.1. The maximum absolute atomic E-state index is 11.3. The van der Waals surface area contributed by atoms with Crippen LogP contribution in [0.1, 0.15) is 25.8 Å². The maximum atomic E-state index is 11.3. The second-order valence-electron chi connectivity index (χ2n) is 3.75. The standard InChI is InChI=1S/C14H18O3/c1-4-17-14(15)10-11(2)9-12-5-7-13(16-3)8-6-12/h5-9H,4,10H2,1-3H3. The number of carbonyl (C=O) groups excluding carboxylic acids is 1. The molecule has 0 unspecified atom stereocenters. The second kappa shape index (κ2) is 6.74. The van der Waals surface area contributed by atoms with Gasteiger partial charge in [-0.15, -0.1) is 0 Å². The molecule has 0 spiro atoms. The van der Waals surface area contributed by atoms with Crippen LogP contribution in [0.15, 0.2) is 29.8 Å². The summed E-state index contributed by atoms with van der Waals surface area (Å²) in [6.07, 6.45) is 2.30. The van der Waals surface area contributed by atoms with Crippen molar-refractivity contribution in [2.75, 3.05) is 13.7 Å². The molecule has 0 aliphatic carbocycles. The highest BCUT2D eigenvalue weighted by atomic mass is 16.5. The van der Waals surface area contributed by atoms with Gasteiger partial charge in [-0.2, -0.15) is 0 Å². The molecule has 0 atom stereocenters. The second-order valence-corrected chi connectivity index (χ2v) is 3.75. The fourth-order valence-corrected chi connectivity index (χ4v) is 1.48. The minimum atomic E-state index is -0.185. The van der Waals surface area contributed by atoms with E-state index in [9.17, 15) is 4.79 Å². The number of rotatable bonds is 5. The molecule has 0 aliphatic rings. The van der Waals surface area contributed by atoms with Gasteiger partial charge in [0.15, 0.2) is 0 Å². The first-order chi connectivity index (χ1) is 8.15. The molecule has 0 saturated heterocycles. The van der Waals surface area contributed by atoms with E-state index < -0.39 is 0 Å². The fraction of sp³-hybridized carbons (Fsp3) is 0.357. The third kappa shape index (κ3) is 4.72. The molecular weight excluding hydrogens is 216 g/mol. The summed E-state index contributed by atoms with van der Waals surface area (Å²) in [5.74, 6) is 0.639. The van der Waals surface area contributed by atoms with Gasteiger partial charge in [0, 0.05) is 0 Å². The predicted octanol–water partition coefficient (Wildman–Crippen LogP) is 3.05. The first-order valence-electron chi connectivity index (χ1n) is 5.62. The van der Waals surface area contributed by atoms with Crippen molar-refractivity contribution in [2.24, 2.45) is 0 Å². The molecule has 0 N–H and O–H groups in total. The minimum Gasteiger partial charge on any atom is -0.497 e. The van der Waals surface area contributed by atoms with E-state index >= 15 is 0 Å². The lowest BCUT2D eigenvalue weighted by Gasteiger charge is -2.03. The average Bonchev–Trinajstić information content (AvgIpc) is 2.30. The van der Waals surface area contributed by atoms with Crippen molar-refractivity contribution in [1.29, 1.82) is 0 Å². The van der Waals surface area contributed by atoms with Gasteiger partial charge in [0.2, 0.25) is 0 Å². The first-order valence-corrected chi connectivity index (χ1v) is 5.62. The molecule has 1 rings (SSSR count). The number of ether oxygens (including phenoxy) is 2. The molecule has 0 fully saturated rings. The van der Waals surface area contributed by atoms with E-state index in [0.29, 0.717) is 13.0 Å². The summed E-state index contributed by atoms with van der Waals surface area (Å²) in [7, 11) is 1.64. The number of hydrogen-bond donors (Lipinski definition) is 0. The van der Waals surface area contributed by atoms with Gasteiger partial charge in [-0.05, 0) is 31.5 Å². The Morgan fingerprint density at radius 2 is 1.94 bits per heavy atom. The lowest BCUT2D eigenvalue weighted by molar-refractivity contribution is -0.142. The molecule has 0 heterocycles. The highest BCUT2D eigenvalue weighted by Crippen LogP contribution is 2.15. The Kier molecular flexibility index (Phi) is 5.27. The zero-order chi connectivity index (χ0) is 12.7. The van der Waals surface area contributed by atoms with Gasteiger partial charge in [0.1, 0.15) is 5.75 Å². The Hall–Kier alpha value is -1.77. The lowest BCUT2D eigenvalue weighted by atomic mass is 10.1. The predicted molar refractivity (Wildman–Crippen MR) is 67.9 cm³/mol. The van der Waals surface area contributed by atoms with Crippen LogP contribution < -0.4 is 4.74 Å². The molecule has 0 bridgehead atoms. The van der Waals surface area contributed by atoms with Crippen molar-refractivity contribution in [2.45, 2.75) is 20.3 Å². The van der Waals surface area contributed by atoms with E-state index in [2.05, 4.69) is 0 Å². The van der Waals surface area contributed by atoms with E-state index in [0.717, 1.165) is 16.9 Å². The van der Waals surface area contributed by atoms with Gasteiger partial charge < -0.3 is 9.47 Å². The largest absolute Gasteiger partial charge is 0.497 e. The topological polar surface area (TPSA) is 35.5 Å². The van der Waals surface area contributed by atoms with Gasteiger partial charge >= 0.3 is 5.97 Å². The van der Waals surface area contributed by atoms with Crippen molar-refractivity contribution < 1.29 is 14.3 Å². The zero-order valence-electron chi connectivity index (χ0n) is 10.5. The van der Waals surface area contributed by atoms with E-state index in [-0.39, 0.29) is 5.97 Å². The highest BCUT2D eigenvalue weighted by molar-refractivity contribution is 5.74. The minimum absolute atomic E-state index is 0.185. The van der Waals surface area contributed by atoms with Crippen LogP contribution in [0, 0.1) is 0 Å². The molecule has 3 nitrogen and oxygen atoms in total. The molecule has 3 heteroatoms. The van der Waals surface area contributed by atoms with Crippen molar-refractivity contribution in [1.82, 2.24) is 0 Å². The number of methoxy groups -OCH3 is 1. The van der Waals surface area contributed by atoms with E-state index in [1.54, 1.807) is 14.0 Å². The molecule has 0 radical (unpaired) electrons. The summed E-state index contributed by atoms with van der Waals surface area (Å²) < 4.78 is 9.96. The molecule has 0 aromatic heterocycles. The van der Waals surface area contributed by atoms with Crippen molar-refractivity contribution >= 4 is 12.0 Å². The Morgan fingerprint density at radius 3 is 2.47 bits per heavy atom. The monoisotopic (exact) mass is 234 g/mol. The molecule has 92 valence electrons. The average molecular weight is 234 g/mol. The lowest BCUT2D eigenvalue weighted by Crippen LogP contribution is -2.03. The number of esters is 1. The Bertz CT molecular complexity index is 390. The van der Waals surface area contributed by atoms with Gasteiger partial charge in [-0.25, -0.2) is 0 Å². The summed E-state index contributed by atoms with van der Waals surface area (Å²) in [6.45, 7) is 4.15. The fourth-order valence-electron chi connectivity index (χ4n) is 1.48. The van der Waals surface area contributed by atoms with Crippen LogP contribution >= 0.6 is 0 Å². The summed E-state index contributed by atoms with van der Waals surface area (Å²) in [5, 5.41) is 0. The van der Waals surface area contributed by atoms with Crippen LogP contribution in [0.2, 0.25) is 0 Å². The number of hydrogen-bond acceptors (Lipinski definition) is 3. The van der Waals surface area contributed by atoms with Gasteiger partial charge in [-0.1, -0.05) is 23.8 Å². The molecule has 1 aromatic rings. The smallest absolute Gasteiger partial charge is 0.309 e. The van der Waals surface area contributed by atoms with Crippen LogP contribution in [-0.4, -0.2) is 19.7 Å². The third-order valence-electron chi connectivity index (χ3n) is 2.26. The van der Waals surface area contributed by atoms with Crippen LogP contribution in [-0.2, 0) is 9.53 Å². The Morgan fingerprint density at radius 1 is 1.29 bits per heavy atom. The Labute approximate surface area is 102 Å². The van der Waals surface area contributed by atoms with E-state index in [1.165, 1.54) is 0 Å². The van der Waals surface area contributed by atoms with Crippen LogP contribution in [0.3, 0.4) is 0 Å². The van der Waals surface area contributed by atoms with E-state index in [1.807, 2.05) is 37.3 Å². The van der Waals surface area contributed by atoms with Crippen molar-refractivity contribution in [3.63, 3.8) is 0 Å². The summed E-state index contributed by atoms with van der Waals surface area (Å²) in [6, 6.07) is 7.69. The molecule has 17 heavy (non-hydrogen) atoms. The summed E-state index contributed by atoms with van der Waals surface area (Å²) in [4.78, 5) is 11.3. The molecule has 1 aromatic carbocycles. The van der Waals surface area contributed by atoms with Gasteiger partial charge in [0.25, 0.3) is 0 Å². The van der Waals surface area contributed by atoms with Gasteiger partial charge in [0.05, 0.1) is 20.1 Å². The summed E-state index contributed by atoms with van der Waals surface area (Å²) >= 11 is 0. The van der Waals surface area contributed by atoms with E-state index in [4.69, 9.17) is 9.47 Å². The Balaban J connectivity index is 2.63. The summed E-state index contributed by atoms with van der Waals surface area (Å²) in [5.41, 5.74) is 2.03. The van der Waals surface area contributed by atoms with Crippen LogP contribution in [0.5, 0.6) is 5.75 Å². The first kappa shape index (κ1) is 13.3. The number of carbonyl (C=O) groups is 1.